The van der Waals surface area contributed by atoms with Crippen LogP contribution in [-0.4, -0.2) is 25.2 Å². The molecule has 8 atom stereocenters. The van der Waals surface area contributed by atoms with E-state index in [-0.39, 0.29) is 50.5 Å². The molecule has 5 rings (SSSR count). The van der Waals surface area contributed by atoms with Crippen LogP contribution < -0.4 is 0 Å². The lowest BCUT2D eigenvalue weighted by Gasteiger charge is -2.71. The summed E-state index contributed by atoms with van der Waals surface area (Å²) in [5.41, 5.74) is 2.01. The second-order valence-electron chi connectivity index (χ2n) is 15.8. The molecule has 0 spiro atoms. The molecule has 0 aliphatic heterocycles. The van der Waals surface area contributed by atoms with Crippen LogP contribution in [0.5, 0.6) is 0 Å². The number of fused-ring (bicyclic) bond motifs is 7. The van der Waals surface area contributed by atoms with Crippen molar-refractivity contribution in [2.45, 2.75) is 126 Å². The molecule has 4 fully saturated rings. The maximum Gasteiger partial charge on any atom is 0.312 e. The number of rotatable bonds is 2. The fraction of sp³-hybridized carbons (Fsp3) is 0.879. The average molecular weight is 513 g/mol. The number of hydrogen-bond donors (Lipinski definition) is 0. The fourth-order valence-corrected chi connectivity index (χ4v) is 11.2. The Morgan fingerprint density at radius 3 is 2.19 bits per heavy atom. The molecule has 0 heterocycles. The van der Waals surface area contributed by atoms with Gasteiger partial charge in [-0.1, -0.05) is 60.1 Å². The zero-order chi connectivity index (χ0) is 27.2. The van der Waals surface area contributed by atoms with Gasteiger partial charge in [-0.25, -0.2) is 0 Å². The normalized spacial score (nSPS) is 47.8. The van der Waals surface area contributed by atoms with Gasteiger partial charge in [-0.2, -0.15) is 0 Å². The maximum absolute atomic E-state index is 13.4. The van der Waals surface area contributed by atoms with E-state index in [0.29, 0.717) is 17.8 Å². The van der Waals surface area contributed by atoms with E-state index in [9.17, 15) is 9.59 Å². The summed E-state index contributed by atoms with van der Waals surface area (Å²) in [5.74, 6) is 1.33. The molecule has 37 heavy (non-hydrogen) atoms. The number of esters is 2. The third-order valence-corrected chi connectivity index (χ3v) is 13.5. The summed E-state index contributed by atoms with van der Waals surface area (Å²) in [7, 11) is 1.59. The molecule has 0 aromatic heterocycles. The highest BCUT2D eigenvalue weighted by molar-refractivity contribution is 5.78. The molecule has 0 bridgehead atoms. The summed E-state index contributed by atoms with van der Waals surface area (Å²) in [6.45, 7) is 18.8. The minimum Gasteiger partial charge on any atom is -0.469 e. The third-order valence-electron chi connectivity index (χ3n) is 13.5. The van der Waals surface area contributed by atoms with Gasteiger partial charge in [-0.05, 0) is 104 Å². The summed E-state index contributed by atoms with van der Waals surface area (Å²) in [6.07, 6.45) is 13.4. The topological polar surface area (TPSA) is 52.6 Å². The van der Waals surface area contributed by atoms with E-state index in [0.717, 1.165) is 51.4 Å². The molecule has 0 saturated heterocycles. The number of carbonyl (C=O) groups is 2. The SMILES string of the molecule is COC(=O)[C@]12CCC(C)(C)C[C@H]1C1=CC[C@H]3[C@@]4(C)CC[C@H](OC(C)=O)C(C)(C)[C@H]4CC[C@@]3(C)[C@]1(C)CC2. The lowest BCUT2D eigenvalue weighted by atomic mass is 9.33. The quantitative estimate of drug-likeness (QED) is 0.279. The number of hydrogen-bond acceptors (Lipinski definition) is 4. The van der Waals surface area contributed by atoms with Crippen molar-refractivity contribution >= 4 is 11.9 Å². The Hall–Kier alpha value is -1.32. The molecule has 4 nitrogen and oxygen atoms in total. The lowest BCUT2D eigenvalue weighted by Crippen LogP contribution is -2.65. The Bertz CT molecular complexity index is 1010. The summed E-state index contributed by atoms with van der Waals surface area (Å²) < 4.78 is 11.4. The first-order chi connectivity index (χ1) is 17.1. The van der Waals surface area contributed by atoms with Crippen LogP contribution in [0.15, 0.2) is 11.6 Å². The monoisotopic (exact) mass is 512 g/mol. The Kier molecular flexibility index (Phi) is 6.14. The molecule has 0 aromatic rings. The Labute approximate surface area is 225 Å². The standard InChI is InChI=1S/C33H52O4/c1-21(34)37-26-13-14-30(6)24(29(26,4)5)12-15-32(8)25(30)11-10-22-23-20-28(2,3)16-18-33(23,27(35)36-9)19-17-31(22,32)7/h10,23-26H,11-20H2,1-9H3/t23-,24+,25-,26-,30-,31+,32+,33-/m0/s1. The first-order valence-corrected chi connectivity index (χ1v) is 15.0. The molecule has 5 aliphatic carbocycles. The van der Waals surface area contributed by atoms with Crippen molar-refractivity contribution in [1.29, 1.82) is 0 Å². The van der Waals surface area contributed by atoms with Crippen LogP contribution in [0.1, 0.15) is 120 Å². The van der Waals surface area contributed by atoms with Gasteiger partial charge in [-0.15, -0.1) is 0 Å². The van der Waals surface area contributed by atoms with Crippen LogP contribution in [0.4, 0.5) is 0 Å². The first-order valence-electron chi connectivity index (χ1n) is 15.0. The largest absolute Gasteiger partial charge is 0.469 e. The van der Waals surface area contributed by atoms with Crippen molar-refractivity contribution in [3.8, 4) is 0 Å². The number of ether oxygens (including phenoxy) is 2. The highest BCUT2D eigenvalue weighted by Crippen LogP contribution is 2.75. The minimum atomic E-state index is -0.343. The lowest BCUT2D eigenvalue weighted by molar-refractivity contribution is -0.213. The van der Waals surface area contributed by atoms with Crippen molar-refractivity contribution in [2.24, 2.45) is 50.2 Å². The summed E-state index contributed by atoms with van der Waals surface area (Å²) in [4.78, 5) is 25.3. The van der Waals surface area contributed by atoms with Crippen molar-refractivity contribution < 1.29 is 19.1 Å². The molecule has 0 unspecified atom stereocenters. The average Bonchev–Trinajstić information content (AvgIpc) is 2.80. The van der Waals surface area contributed by atoms with Crippen molar-refractivity contribution in [3.05, 3.63) is 11.6 Å². The summed E-state index contributed by atoms with van der Waals surface area (Å²) >= 11 is 0. The van der Waals surface area contributed by atoms with Crippen molar-refractivity contribution in [2.75, 3.05) is 7.11 Å². The van der Waals surface area contributed by atoms with Crippen LogP contribution in [0, 0.1) is 50.2 Å². The predicted molar refractivity (Wildman–Crippen MR) is 147 cm³/mol. The van der Waals surface area contributed by atoms with Gasteiger partial charge in [0.2, 0.25) is 0 Å². The zero-order valence-electron chi connectivity index (χ0n) is 25.1. The van der Waals surface area contributed by atoms with Crippen LogP contribution >= 0.6 is 0 Å². The summed E-state index contributed by atoms with van der Waals surface area (Å²) in [5, 5.41) is 0. The van der Waals surface area contributed by atoms with E-state index in [4.69, 9.17) is 9.47 Å². The third kappa shape index (κ3) is 3.58. The number of carbonyl (C=O) groups excluding carboxylic acids is 2. The smallest absolute Gasteiger partial charge is 0.312 e. The van der Waals surface area contributed by atoms with Crippen LogP contribution in [0.2, 0.25) is 0 Å². The van der Waals surface area contributed by atoms with E-state index in [1.165, 1.54) is 12.8 Å². The molecule has 4 saturated carbocycles. The molecule has 5 aliphatic rings. The number of allylic oxidation sites excluding steroid dienone is 2. The van der Waals surface area contributed by atoms with Gasteiger partial charge in [0, 0.05) is 12.3 Å². The van der Waals surface area contributed by atoms with E-state index in [1.54, 1.807) is 19.6 Å². The fourth-order valence-electron chi connectivity index (χ4n) is 11.2. The van der Waals surface area contributed by atoms with E-state index < -0.39 is 0 Å². The van der Waals surface area contributed by atoms with E-state index in [2.05, 4.69) is 54.5 Å². The van der Waals surface area contributed by atoms with E-state index >= 15 is 0 Å². The highest BCUT2D eigenvalue weighted by atomic mass is 16.5. The molecule has 208 valence electrons. The molecule has 0 N–H and O–H groups in total. The van der Waals surface area contributed by atoms with Gasteiger partial charge in [-0.3, -0.25) is 9.59 Å². The summed E-state index contributed by atoms with van der Waals surface area (Å²) in [6, 6.07) is 0. The highest BCUT2D eigenvalue weighted by Gasteiger charge is 2.69. The zero-order valence-corrected chi connectivity index (χ0v) is 25.1. The predicted octanol–water partition coefficient (Wildman–Crippen LogP) is 7.89. The molecular formula is C33H52O4. The molecule has 0 radical (unpaired) electrons. The van der Waals surface area contributed by atoms with E-state index in [1.807, 2.05) is 0 Å². The maximum atomic E-state index is 13.4. The molecular weight excluding hydrogens is 460 g/mol. The molecule has 4 heteroatoms. The Morgan fingerprint density at radius 2 is 1.54 bits per heavy atom. The second-order valence-corrected chi connectivity index (χ2v) is 15.8. The minimum absolute atomic E-state index is 0.0116. The van der Waals surface area contributed by atoms with Crippen molar-refractivity contribution in [1.82, 2.24) is 0 Å². The first kappa shape index (κ1) is 27.3. The van der Waals surface area contributed by atoms with Crippen LogP contribution in [-0.2, 0) is 19.1 Å². The molecule has 0 amide bonds. The van der Waals surface area contributed by atoms with Gasteiger partial charge in [0.1, 0.15) is 6.10 Å². The number of methoxy groups -OCH3 is 1. The van der Waals surface area contributed by atoms with Crippen molar-refractivity contribution in [3.63, 3.8) is 0 Å². The van der Waals surface area contributed by atoms with Gasteiger partial charge < -0.3 is 9.47 Å². The Morgan fingerprint density at radius 1 is 0.865 bits per heavy atom. The Balaban J connectivity index is 1.55. The van der Waals surface area contributed by atoms with Gasteiger partial charge in [0.25, 0.3) is 0 Å². The van der Waals surface area contributed by atoms with Crippen LogP contribution in [0.3, 0.4) is 0 Å². The van der Waals surface area contributed by atoms with Gasteiger partial charge in [0.15, 0.2) is 0 Å². The van der Waals surface area contributed by atoms with Gasteiger partial charge in [0.05, 0.1) is 12.5 Å². The van der Waals surface area contributed by atoms with Crippen LogP contribution in [0.25, 0.3) is 0 Å². The second kappa shape index (κ2) is 8.34. The van der Waals surface area contributed by atoms with Gasteiger partial charge >= 0.3 is 11.9 Å². The molecule has 0 aromatic carbocycles.